The Balaban J connectivity index is 1.61. The van der Waals surface area contributed by atoms with Crippen LogP contribution in [0.4, 0.5) is 0 Å². The standard InChI is InChI=1S/C26H33N3O4/c1-27-24(30)20-6-4-5-19(17-20)23-18-29(14-13-28(23)2)25(31)26(11-15-33-16-12-26)21-7-9-22(32-3)10-8-21/h4-10,17,23H,11-16,18H2,1-3H3,(H,27,30)/t23-/m1/s1. The molecule has 2 saturated heterocycles. The van der Waals surface area contributed by atoms with E-state index in [-0.39, 0.29) is 17.9 Å². The minimum absolute atomic E-state index is 0.0278. The van der Waals surface area contributed by atoms with Crippen LogP contribution in [-0.4, -0.2) is 75.7 Å². The summed E-state index contributed by atoms with van der Waals surface area (Å²) in [5.41, 5.74) is 2.11. The Bertz CT molecular complexity index is 985. The average molecular weight is 452 g/mol. The maximum atomic E-state index is 14.1. The number of methoxy groups -OCH3 is 1. The highest BCUT2D eigenvalue weighted by molar-refractivity contribution is 5.94. The highest BCUT2D eigenvalue weighted by atomic mass is 16.5. The van der Waals surface area contributed by atoms with Gasteiger partial charge in [0, 0.05) is 45.5 Å². The number of nitrogens with zero attached hydrogens (tertiary/aromatic N) is 2. The van der Waals surface area contributed by atoms with E-state index < -0.39 is 5.41 Å². The second-order valence-corrected chi connectivity index (χ2v) is 8.88. The third-order valence-electron chi connectivity index (χ3n) is 7.09. The van der Waals surface area contributed by atoms with Crippen LogP contribution in [0.15, 0.2) is 48.5 Å². The van der Waals surface area contributed by atoms with Crippen molar-refractivity contribution in [3.05, 3.63) is 65.2 Å². The first kappa shape index (κ1) is 23.3. The smallest absolute Gasteiger partial charge is 0.251 e. The van der Waals surface area contributed by atoms with E-state index in [9.17, 15) is 9.59 Å². The zero-order valence-electron chi connectivity index (χ0n) is 19.7. The highest BCUT2D eigenvalue weighted by Crippen LogP contribution is 2.39. The fourth-order valence-corrected chi connectivity index (χ4v) is 5.01. The molecule has 0 aromatic heterocycles. The van der Waals surface area contributed by atoms with Gasteiger partial charge < -0.3 is 19.7 Å². The second-order valence-electron chi connectivity index (χ2n) is 8.88. The number of likely N-dealkylation sites (N-methyl/N-ethyl adjacent to an activating group) is 1. The van der Waals surface area contributed by atoms with Crippen molar-refractivity contribution in [2.24, 2.45) is 0 Å². The van der Waals surface area contributed by atoms with E-state index in [0.29, 0.717) is 44.7 Å². The Morgan fingerprint density at radius 3 is 2.48 bits per heavy atom. The van der Waals surface area contributed by atoms with Gasteiger partial charge in [-0.1, -0.05) is 24.3 Å². The van der Waals surface area contributed by atoms with Gasteiger partial charge in [-0.3, -0.25) is 14.5 Å². The molecule has 2 heterocycles. The zero-order valence-corrected chi connectivity index (χ0v) is 19.7. The van der Waals surface area contributed by atoms with Gasteiger partial charge in [0.2, 0.25) is 5.91 Å². The first-order valence-corrected chi connectivity index (χ1v) is 11.5. The number of nitrogens with one attached hydrogen (secondary N) is 1. The molecule has 0 spiro atoms. The minimum atomic E-state index is -0.588. The fraction of sp³-hybridized carbons (Fsp3) is 0.462. The van der Waals surface area contributed by atoms with E-state index in [1.54, 1.807) is 14.2 Å². The molecule has 1 atom stereocenters. The Labute approximate surface area is 195 Å². The summed E-state index contributed by atoms with van der Waals surface area (Å²) >= 11 is 0. The van der Waals surface area contributed by atoms with Gasteiger partial charge in [0.1, 0.15) is 5.75 Å². The van der Waals surface area contributed by atoms with Gasteiger partial charge in [-0.15, -0.1) is 0 Å². The molecule has 7 heteroatoms. The molecule has 1 N–H and O–H groups in total. The van der Waals surface area contributed by atoms with Crippen LogP contribution in [0.5, 0.6) is 5.75 Å². The number of piperazine rings is 1. The van der Waals surface area contributed by atoms with E-state index in [0.717, 1.165) is 23.4 Å². The second kappa shape index (κ2) is 9.93. The van der Waals surface area contributed by atoms with Gasteiger partial charge >= 0.3 is 0 Å². The minimum Gasteiger partial charge on any atom is -0.497 e. The van der Waals surface area contributed by atoms with E-state index >= 15 is 0 Å². The van der Waals surface area contributed by atoms with Crippen LogP contribution in [0.25, 0.3) is 0 Å². The van der Waals surface area contributed by atoms with Crippen LogP contribution in [0.1, 0.15) is 40.4 Å². The van der Waals surface area contributed by atoms with Crippen molar-refractivity contribution < 1.29 is 19.1 Å². The molecule has 2 amide bonds. The van der Waals surface area contributed by atoms with Gasteiger partial charge in [0.05, 0.1) is 18.6 Å². The fourth-order valence-electron chi connectivity index (χ4n) is 5.01. The highest BCUT2D eigenvalue weighted by Gasteiger charge is 2.45. The number of benzene rings is 2. The van der Waals surface area contributed by atoms with E-state index in [4.69, 9.17) is 9.47 Å². The molecular weight excluding hydrogens is 418 g/mol. The molecule has 2 aromatic rings. The first-order chi connectivity index (χ1) is 16.0. The number of hydrogen-bond donors (Lipinski definition) is 1. The van der Waals surface area contributed by atoms with Gasteiger partial charge in [-0.05, 0) is 55.3 Å². The normalized spacial score (nSPS) is 20.8. The molecular formula is C26H33N3O4. The maximum absolute atomic E-state index is 14.1. The van der Waals surface area contributed by atoms with Crippen molar-refractivity contribution in [2.75, 3.05) is 54.1 Å². The quantitative estimate of drug-likeness (QED) is 0.757. The average Bonchev–Trinajstić information content (AvgIpc) is 2.88. The third kappa shape index (κ3) is 4.61. The molecule has 4 rings (SSSR count). The zero-order chi connectivity index (χ0) is 23.4. The predicted octanol–water partition coefficient (Wildman–Crippen LogP) is 2.62. The number of amides is 2. The summed E-state index contributed by atoms with van der Waals surface area (Å²) in [5, 5.41) is 2.69. The molecule has 0 aliphatic carbocycles. The molecule has 176 valence electrons. The van der Waals surface area contributed by atoms with Crippen molar-refractivity contribution in [3.63, 3.8) is 0 Å². The number of carbonyl (C=O) groups excluding carboxylic acids is 2. The van der Waals surface area contributed by atoms with Crippen molar-refractivity contribution in [2.45, 2.75) is 24.3 Å². The predicted molar refractivity (Wildman–Crippen MR) is 127 cm³/mol. The van der Waals surface area contributed by atoms with Gasteiger partial charge in [0.15, 0.2) is 0 Å². The number of hydrogen-bond acceptors (Lipinski definition) is 5. The summed E-state index contributed by atoms with van der Waals surface area (Å²) < 4.78 is 11.0. The molecule has 0 unspecified atom stereocenters. The number of rotatable bonds is 5. The summed E-state index contributed by atoms with van der Waals surface area (Å²) in [6, 6.07) is 15.6. The van der Waals surface area contributed by atoms with Gasteiger partial charge in [0.25, 0.3) is 5.91 Å². The lowest BCUT2D eigenvalue weighted by Crippen LogP contribution is -2.56. The monoisotopic (exact) mass is 451 g/mol. The summed E-state index contributed by atoms with van der Waals surface area (Å²) in [4.78, 5) is 30.5. The summed E-state index contributed by atoms with van der Waals surface area (Å²) in [6.07, 6.45) is 1.34. The van der Waals surface area contributed by atoms with Gasteiger partial charge in [-0.25, -0.2) is 0 Å². The van der Waals surface area contributed by atoms with Crippen molar-refractivity contribution in [3.8, 4) is 5.75 Å². The Kier molecular flexibility index (Phi) is 7.00. The Morgan fingerprint density at radius 1 is 1.09 bits per heavy atom. The lowest BCUT2D eigenvalue weighted by molar-refractivity contribution is -0.144. The summed E-state index contributed by atoms with van der Waals surface area (Å²) in [7, 11) is 5.36. The molecule has 2 aliphatic heterocycles. The van der Waals surface area contributed by atoms with Crippen LogP contribution in [0.2, 0.25) is 0 Å². The summed E-state index contributed by atoms with van der Waals surface area (Å²) in [6.45, 7) is 3.19. The van der Waals surface area contributed by atoms with Crippen LogP contribution >= 0.6 is 0 Å². The van der Waals surface area contributed by atoms with Crippen LogP contribution in [-0.2, 0) is 14.9 Å². The maximum Gasteiger partial charge on any atom is 0.251 e. The largest absolute Gasteiger partial charge is 0.497 e. The molecule has 2 aliphatic rings. The molecule has 0 radical (unpaired) electrons. The Hall–Kier alpha value is -2.90. The van der Waals surface area contributed by atoms with Crippen LogP contribution in [0.3, 0.4) is 0 Å². The molecule has 2 aromatic carbocycles. The topological polar surface area (TPSA) is 71.1 Å². The Morgan fingerprint density at radius 2 is 1.82 bits per heavy atom. The molecule has 0 saturated carbocycles. The lowest BCUT2D eigenvalue weighted by atomic mass is 9.72. The van der Waals surface area contributed by atoms with Crippen molar-refractivity contribution >= 4 is 11.8 Å². The van der Waals surface area contributed by atoms with E-state index in [1.165, 1.54) is 0 Å². The van der Waals surface area contributed by atoms with Gasteiger partial charge in [-0.2, -0.15) is 0 Å². The van der Waals surface area contributed by atoms with E-state index in [2.05, 4.69) is 17.3 Å². The van der Waals surface area contributed by atoms with Crippen LogP contribution in [0, 0.1) is 0 Å². The number of ether oxygens (including phenoxy) is 2. The molecule has 7 nitrogen and oxygen atoms in total. The first-order valence-electron chi connectivity index (χ1n) is 11.5. The number of carbonyl (C=O) groups is 2. The molecule has 0 bridgehead atoms. The lowest BCUT2D eigenvalue weighted by Gasteiger charge is -2.45. The van der Waals surface area contributed by atoms with E-state index in [1.807, 2.05) is 53.4 Å². The molecule has 2 fully saturated rings. The molecule has 33 heavy (non-hydrogen) atoms. The SMILES string of the molecule is CNC(=O)c1cccc([C@H]2CN(C(=O)C3(c4ccc(OC)cc4)CCOCC3)CCN2C)c1. The van der Waals surface area contributed by atoms with Crippen LogP contribution < -0.4 is 10.1 Å². The van der Waals surface area contributed by atoms with Crippen molar-refractivity contribution in [1.29, 1.82) is 0 Å². The third-order valence-corrected chi connectivity index (χ3v) is 7.09. The summed E-state index contributed by atoms with van der Waals surface area (Å²) in [5.74, 6) is 0.837. The van der Waals surface area contributed by atoms with Crippen molar-refractivity contribution in [1.82, 2.24) is 15.1 Å².